The van der Waals surface area contributed by atoms with E-state index in [2.05, 4.69) is 11.9 Å². The first-order valence-corrected chi connectivity index (χ1v) is 6.15. The molecule has 3 nitrogen and oxygen atoms in total. The number of hydrogen-bond acceptors (Lipinski definition) is 3. The topological polar surface area (TPSA) is 38.5 Å². The maximum absolute atomic E-state index is 13.0. The molecule has 2 rings (SSSR count). The number of halogens is 2. The fraction of sp³-hybridized carbons (Fsp3) is 0.538. The summed E-state index contributed by atoms with van der Waals surface area (Å²) < 4.78 is 31.3. The minimum atomic E-state index is -0.949. The molecule has 0 aliphatic carbocycles. The number of anilines is 1. The zero-order chi connectivity index (χ0) is 13.1. The Kier molecular flexibility index (Phi) is 4.01. The number of nitrogens with two attached hydrogens (primary N) is 1. The standard InChI is InChI=1S/C13H18F2N2O/c1-17-5-2-3-9(17)4-6-18-13-8-11(15)10(14)7-12(13)16/h7-9H,2-6,16H2,1H3. The van der Waals surface area contributed by atoms with Crippen molar-refractivity contribution in [1.29, 1.82) is 0 Å². The molecule has 1 aromatic rings. The van der Waals surface area contributed by atoms with E-state index >= 15 is 0 Å². The number of likely N-dealkylation sites (tertiary alicyclic amines) is 1. The highest BCUT2D eigenvalue weighted by molar-refractivity contribution is 5.52. The molecule has 1 unspecified atom stereocenters. The van der Waals surface area contributed by atoms with Crippen LogP contribution in [0.1, 0.15) is 19.3 Å². The molecule has 0 aromatic heterocycles. The van der Waals surface area contributed by atoms with Gasteiger partial charge >= 0.3 is 0 Å². The van der Waals surface area contributed by atoms with Crippen LogP contribution in [0, 0.1) is 11.6 Å². The van der Waals surface area contributed by atoms with Crippen molar-refractivity contribution in [2.24, 2.45) is 0 Å². The Balaban J connectivity index is 1.88. The Morgan fingerprint density at radius 2 is 2.11 bits per heavy atom. The van der Waals surface area contributed by atoms with Crippen LogP contribution in [0.2, 0.25) is 0 Å². The van der Waals surface area contributed by atoms with Crippen LogP contribution in [-0.4, -0.2) is 31.1 Å². The lowest BCUT2D eigenvalue weighted by atomic mass is 10.1. The molecule has 1 fully saturated rings. The van der Waals surface area contributed by atoms with Crippen molar-refractivity contribution >= 4 is 5.69 Å². The fourth-order valence-corrected chi connectivity index (χ4v) is 2.32. The number of benzene rings is 1. The monoisotopic (exact) mass is 256 g/mol. The molecular formula is C13H18F2N2O. The van der Waals surface area contributed by atoms with Crippen LogP contribution >= 0.6 is 0 Å². The van der Waals surface area contributed by atoms with E-state index in [0.29, 0.717) is 12.6 Å². The summed E-state index contributed by atoms with van der Waals surface area (Å²) in [5.74, 6) is -1.66. The Hall–Kier alpha value is -1.36. The first-order chi connectivity index (χ1) is 8.58. The van der Waals surface area contributed by atoms with Crippen LogP contribution in [0.3, 0.4) is 0 Å². The Labute approximate surface area is 106 Å². The highest BCUT2D eigenvalue weighted by Crippen LogP contribution is 2.25. The number of nitrogens with zero attached hydrogens (tertiary/aromatic N) is 1. The van der Waals surface area contributed by atoms with Gasteiger partial charge in [-0.1, -0.05) is 0 Å². The molecule has 1 saturated heterocycles. The summed E-state index contributed by atoms with van der Waals surface area (Å²) in [4.78, 5) is 2.29. The number of rotatable bonds is 4. The van der Waals surface area contributed by atoms with Crippen LogP contribution < -0.4 is 10.5 Å². The van der Waals surface area contributed by atoms with Gasteiger partial charge in [0.1, 0.15) is 5.75 Å². The Bertz CT molecular complexity index is 426. The van der Waals surface area contributed by atoms with Crippen LogP contribution in [0.25, 0.3) is 0 Å². The summed E-state index contributed by atoms with van der Waals surface area (Å²) in [6.45, 7) is 1.57. The third-order valence-corrected chi connectivity index (χ3v) is 3.43. The summed E-state index contributed by atoms with van der Waals surface area (Å²) in [5, 5.41) is 0. The molecule has 1 atom stereocenters. The van der Waals surface area contributed by atoms with E-state index in [1.807, 2.05) is 0 Å². The zero-order valence-corrected chi connectivity index (χ0v) is 10.5. The molecule has 100 valence electrons. The van der Waals surface area contributed by atoms with Crippen molar-refractivity contribution < 1.29 is 13.5 Å². The second-order valence-electron chi connectivity index (χ2n) is 4.72. The molecule has 1 aliphatic heterocycles. The van der Waals surface area contributed by atoms with Gasteiger partial charge in [-0.2, -0.15) is 0 Å². The lowest BCUT2D eigenvalue weighted by Crippen LogP contribution is -2.26. The van der Waals surface area contributed by atoms with Crippen molar-refractivity contribution in [2.75, 3.05) is 25.9 Å². The zero-order valence-electron chi connectivity index (χ0n) is 10.5. The molecule has 0 amide bonds. The molecule has 0 radical (unpaired) electrons. The van der Waals surface area contributed by atoms with E-state index in [0.717, 1.165) is 31.5 Å². The summed E-state index contributed by atoms with van der Waals surface area (Å²) in [5.41, 5.74) is 5.70. The van der Waals surface area contributed by atoms with E-state index in [-0.39, 0.29) is 11.4 Å². The molecular weight excluding hydrogens is 238 g/mol. The number of nitrogen functional groups attached to an aromatic ring is 1. The molecule has 0 bridgehead atoms. The lowest BCUT2D eigenvalue weighted by Gasteiger charge is -2.19. The largest absolute Gasteiger partial charge is 0.491 e. The molecule has 1 aromatic carbocycles. The molecule has 1 heterocycles. The maximum atomic E-state index is 13.0. The second kappa shape index (κ2) is 5.52. The fourth-order valence-electron chi connectivity index (χ4n) is 2.32. The maximum Gasteiger partial charge on any atom is 0.162 e. The van der Waals surface area contributed by atoms with Crippen LogP contribution in [0.4, 0.5) is 14.5 Å². The predicted molar refractivity (Wildman–Crippen MR) is 66.5 cm³/mol. The predicted octanol–water partition coefficient (Wildman–Crippen LogP) is 2.41. The van der Waals surface area contributed by atoms with Crippen molar-refractivity contribution in [1.82, 2.24) is 4.90 Å². The smallest absolute Gasteiger partial charge is 0.162 e. The number of hydrogen-bond donors (Lipinski definition) is 1. The van der Waals surface area contributed by atoms with Gasteiger partial charge in [-0.05, 0) is 32.9 Å². The van der Waals surface area contributed by atoms with Crippen molar-refractivity contribution in [3.63, 3.8) is 0 Å². The SMILES string of the molecule is CN1CCCC1CCOc1cc(F)c(F)cc1N. The summed E-state index contributed by atoms with van der Waals surface area (Å²) >= 11 is 0. The van der Waals surface area contributed by atoms with E-state index in [1.54, 1.807) is 0 Å². The minimum absolute atomic E-state index is 0.133. The van der Waals surface area contributed by atoms with Gasteiger partial charge in [0.15, 0.2) is 11.6 Å². The highest BCUT2D eigenvalue weighted by Gasteiger charge is 2.20. The lowest BCUT2D eigenvalue weighted by molar-refractivity contribution is 0.233. The molecule has 18 heavy (non-hydrogen) atoms. The van der Waals surface area contributed by atoms with Gasteiger partial charge in [-0.15, -0.1) is 0 Å². The average Bonchev–Trinajstić information content (AvgIpc) is 2.72. The summed E-state index contributed by atoms with van der Waals surface area (Å²) in [6, 6.07) is 2.46. The quantitative estimate of drug-likeness (QED) is 0.841. The molecule has 2 N–H and O–H groups in total. The van der Waals surface area contributed by atoms with E-state index in [1.165, 1.54) is 6.42 Å². The first kappa shape index (κ1) is 13.1. The van der Waals surface area contributed by atoms with Gasteiger partial charge in [-0.25, -0.2) is 8.78 Å². The van der Waals surface area contributed by atoms with Gasteiger partial charge in [-0.3, -0.25) is 0 Å². The molecule has 0 spiro atoms. The van der Waals surface area contributed by atoms with Crippen molar-refractivity contribution in [3.05, 3.63) is 23.8 Å². The first-order valence-electron chi connectivity index (χ1n) is 6.15. The van der Waals surface area contributed by atoms with Gasteiger partial charge in [0.25, 0.3) is 0 Å². The van der Waals surface area contributed by atoms with Crippen molar-refractivity contribution in [2.45, 2.75) is 25.3 Å². The van der Waals surface area contributed by atoms with E-state index in [4.69, 9.17) is 10.5 Å². The van der Waals surface area contributed by atoms with Gasteiger partial charge < -0.3 is 15.4 Å². The Morgan fingerprint density at radius 1 is 1.39 bits per heavy atom. The Morgan fingerprint density at radius 3 is 2.78 bits per heavy atom. The average molecular weight is 256 g/mol. The molecule has 0 saturated carbocycles. The third kappa shape index (κ3) is 2.90. The second-order valence-corrected chi connectivity index (χ2v) is 4.72. The minimum Gasteiger partial charge on any atom is -0.491 e. The molecule has 5 heteroatoms. The van der Waals surface area contributed by atoms with Crippen LogP contribution in [0.5, 0.6) is 5.75 Å². The summed E-state index contributed by atoms with van der Waals surface area (Å²) in [7, 11) is 2.09. The van der Waals surface area contributed by atoms with Gasteiger partial charge in [0, 0.05) is 18.2 Å². The van der Waals surface area contributed by atoms with E-state index in [9.17, 15) is 8.78 Å². The van der Waals surface area contributed by atoms with Crippen LogP contribution in [0.15, 0.2) is 12.1 Å². The van der Waals surface area contributed by atoms with Crippen molar-refractivity contribution in [3.8, 4) is 5.75 Å². The van der Waals surface area contributed by atoms with Gasteiger partial charge in [0.05, 0.1) is 12.3 Å². The van der Waals surface area contributed by atoms with E-state index < -0.39 is 11.6 Å². The van der Waals surface area contributed by atoms with Gasteiger partial charge in [0.2, 0.25) is 0 Å². The summed E-state index contributed by atoms with van der Waals surface area (Å²) in [6.07, 6.45) is 3.23. The highest BCUT2D eigenvalue weighted by atomic mass is 19.2. The van der Waals surface area contributed by atoms with Crippen LogP contribution in [-0.2, 0) is 0 Å². The third-order valence-electron chi connectivity index (χ3n) is 3.43. The number of ether oxygens (including phenoxy) is 1. The molecule has 1 aliphatic rings. The normalized spacial score (nSPS) is 20.3.